The fraction of sp³-hybridized carbons (Fsp3) is 0.692. The second-order valence-electron chi connectivity index (χ2n) is 4.03. The minimum atomic E-state index is 0.775. The lowest BCUT2D eigenvalue weighted by molar-refractivity contribution is 0.195. The van der Waals surface area contributed by atoms with Crippen molar-refractivity contribution < 1.29 is 4.74 Å². The second kappa shape index (κ2) is 12.0. The normalized spacial score (nSPS) is 11.6. The van der Waals surface area contributed by atoms with Crippen LogP contribution in [0.15, 0.2) is 20.9 Å². The molecule has 20 heavy (non-hydrogen) atoms. The molecule has 0 fully saturated rings. The van der Waals surface area contributed by atoms with Gasteiger partial charge in [0.15, 0.2) is 5.96 Å². The number of nitrogens with one attached hydrogen (secondary N) is 2. The quantitative estimate of drug-likeness (QED) is 0.300. The number of aliphatic imine (C=N–C) groups is 1. The van der Waals surface area contributed by atoms with Gasteiger partial charge in [-0.2, -0.15) is 0 Å². The molecule has 0 bridgehead atoms. The summed E-state index contributed by atoms with van der Waals surface area (Å²) in [4.78, 5) is 8.80. The van der Waals surface area contributed by atoms with E-state index in [2.05, 4.69) is 27.5 Å². The monoisotopic (exact) mass is 316 g/mol. The second-order valence-corrected chi connectivity index (χ2v) is 6.27. The van der Waals surface area contributed by atoms with Gasteiger partial charge in [0.1, 0.15) is 4.34 Å². The van der Waals surface area contributed by atoms with Gasteiger partial charge in [0.05, 0.1) is 0 Å². The summed E-state index contributed by atoms with van der Waals surface area (Å²) in [6, 6.07) is 0. The van der Waals surface area contributed by atoms with Crippen LogP contribution in [-0.4, -0.2) is 50.0 Å². The van der Waals surface area contributed by atoms with Crippen molar-refractivity contribution in [2.75, 3.05) is 39.1 Å². The number of ether oxygens (including phenoxy) is 1. The van der Waals surface area contributed by atoms with Crippen LogP contribution in [-0.2, 0) is 4.74 Å². The number of hydrogen-bond acceptors (Lipinski definition) is 5. The lowest BCUT2D eigenvalue weighted by Crippen LogP contribution is -2.38. The van der Waals surface area contributed by atoms with Gasteiger partial charge in [-0.15, -0.1) is 11.3 Å². The number of guanidine groups is 1. The van der Waals surface area contributed by atoms with Crippen molar-refractivity contribution in [3.8, 4) is 0 Å². The molecular formula is C13H24N4OS2. The molecule has 2 N–H and O–H groups in total. The molecule has 0 amide bonds. The highest BCUT2D eigenvalue weighted by Crippen LogP contribution is 2.20. The van der Waals surface area contributed by atoms with Crippen LogP contribution in [0.1, 0.15) is 19.8 Å². The summed E-state index contributed by atoms with van der Waals surface area (Å²) < 4.78 is 6.16. The van der Waals surface area contributed by atoms with E-state index in [4.69, 9.17) is 4.74 Å². The Morgan fingerprint density at radius 1 is 1.45 bits per heavy atom. The van der Waals surface area contributed by atoms with Crippen LogP contribution < -0.4 is 10.6 Å². The molecule has 0 aliphatic carbocycles. The van der Waals surface area contributed by atoms with Gasteiger partial charge in [0.25, 0.3) is 0 Å². The largest absolute Gasteiger partial charge is 0.385 e. The van der Waals surface area contributed by atoms with Crippen LogP contribution in [0.4, 0.5) is 0 Å². The van der Waals surface area contributed by atoms with Crippen LogP contribution in [0.2, 0.25) is 0 Å². The van der Waals surface area contributed by atoms with E-state index < -0.39 is 0 Å². The molecule has 114 valence electrons. The number of rotatable bonds is 10. The number of nitrogens with zero attached hydrogens (tertiary/aromatic N) is 2. The van der Waals surface area contributed by atoms with E-state index >= 15 is 0 Å². The van der Waals surface area contributed by atoms with E-state index in [0.717, 1.165) is 55.1 Å². The van der Waals surface area contributed by atoms with Crippen LogP contribution in [0.3, 0.4) is 0 Å². The van der Waals surface area contributed by atoms with E-state index in [0.29, 0.717) is 0 Å². The number of thiazole rings is 1. The van der Waals surface area contributed by atoms with E-state index in [1.165, 1.54) is 0 Å². The first-order valence-corrected chi connectivity index (χ1v) is 8.76. The van der Waals surface area contributed by atoms with Crippen LogP contribution in [0.5, 0.6) is 0 Å². The Bertz CT molecular complexity index is 357. The van der Waals surface area contributed by atoms with Crippen LogP contribution in [0.25, 0.3) is 0 Å². The number of thioether (sulfide) groups is 1. The summed E-state index contributed by atoms with van der Waals surface area (Å²) in [7, 11) is 1.72. The molecule has 7 heteroatoms. The van der Waals surface area contributed by atoms with Gasteiger partial charge in [0, 0.05) is 50.7 Å². The molecular weight excluding hydrogens is 292 g/mol. The first kappa shape index (κ1) is 17.3. The highest BCUT2D eigenvalue weighted by Gasteiger charge is 1.98. The first-order chi connectivity index (χ1) is 9.86. The van der Waals surface area contributed by atoms with Gasteiger partial charge >= 0.3 is 0 Å². The molecule has 0 aliphatic rings. The lowest BCUT2D eigenvalue weighted by atomic mass is 10.4. The van der Waals surface area contributed by atoms with Gasteiger partial charge in [-0.3, -0.25) is 4.99 Å². The predicted octanol–water partition coefficient (Wildman–Crippen LogP) is 2.22. The van der Waals surface area contributed by atoms with Crippen molar-refractivity contribution in [3.05, 3.63) is 11.6 Å². The third-order valence-electron chi connectivity index (χ3n) is 2.37. The molecule has 5 nitrogen and oxygen atoms in total. The average Bonchev–Trinajstić information content (AvgIpc) is 2.96. The van der Waals surface area contributed by atoms with Gasteiger partial charge in [-0.25, -0.2) is 4.98 Å². The van der Waals surface area contributed by atoms with E-state index in [1.54, 1.807) is 30.2 Å². The fourth-order valence-electron chi connectivity index (χ4n) is 1.46. The van der Waals surface area contributed by atoms with Gasteiger partial charge in [0.2, 0.25) is 0 Å². The average molecular weight is 316 g/mol. The maximum absolute atomic E-state index is 5.02. The van der Waals surface area contributed by atoms with Gasteiger partial charge < -0.3 is 15.4 Å². The van der Waals surface area contributed by atoms with Crippen molar-refractivity contribution in [3.63, 3.8) is 0 Å². The maximum atomic E-state index is 5.02. The van der Waals surface area contributed by atoms with Crippen molar-refractivity contribution in [2.24, 2.45) is 4.99 Å². The topological polar surface area (TPSA) is 58.5 Å². The zero-order chi connectivity index (χ0) is 14.5. The Hall–Kier alpha value is -0.790. The molecule has 0 aromatic carbocycles. The summed E-state index contributed by atoms with van der Waals surface area (Å²) in [6.07, 6.45) is 3.89. The smallest absolute Gasteiger partial charge is 0.191 e. The molecule has 0 aliphatic heterocycles. The zero-order valence-corrected chi connectivity index (χ0v) is 13.9. The Morgan fingerprint density at radius 2 is 2.35 bits per heavy atom. The predicted molar refractivity (Wildman–Crippen MR) is 87.9 cm³/mol. The third-order valence-corrected chi connectivity index (χ3v) is 4.42. The summed E-state index contributed by atoms with van der Waals surface area (Å²) in [5, 5.41) is 8.55. The standard InChI is InChI=1S/C13H24N4OS2/c1-3-14-12(15-6-4-9-18-2)16-7-5-10-19-13-17-8-11-20-13/h8,11H,3-7,9-10H2,1-2H3,(H2,14,15,16). The Balaban J connectivity index is 2.13. The SMILES string of the molecule is CCNC(=NCCCSc1nccs1)NCCCOC. The molecule has 1 rings (SSSR count). The molecule has 1 heterocycles. The van der Waals surface area contributed by atoms with Gasteiger partial charge in [-0.1, -0.05) is 11.8 Å². The summed E-state index contributed by atoms with van der Waals surface area (Å²) in [5.41, 5.74) is 0. The Morgan fingerprint density at radius 3 is 3.05 bits per heavy atom. The highest BCUT2D eigenvalue weighted by molar-refractivity contribution is 8.00. The first-order valence-electron chi connectivity index (χ1n) is 6.90. The molecule has 0 saturated heterocycles. The zero-order valence-electron chi connectivity index (χ0n) is 12.2. The number of methoxy groups -OCH3 is 1. The number of aromatic nitrogens is 1. The van der Waals surface area contributed by atoms with Crippen molar-refractivity contribution in [2.45, 2.75) is 24.1 Å². The molecule has 0 radical (unpaired) electrons. The molecule has 0 spiro atoms. The summed E-state index contributed by atoms with van der Waals surface area (Å²) in [5.74, 6) is 1.95. The van der Waals surface area contributed by atoms with Gasteiger partial charge in [-0.05, 0) is 19.8 Å². The maximum Gasteiger partial charge on any atom is 0.191 e. The molecule has 0 atom stereocenters. The molecule has 0 unspecified atom stereocenters. The van der Waals surface area contributed by atoms with Crippen LogP contribution in [0, 0.1) is 0 Å². The number of hydrogen-bond donors (Lipinski definition) is 2. The minimum absolute atomic E-state index is 0.775. The molecule has 0 saturated carbocycles. The van der Waals surface area contributed by atoms with Crippen LogP contribution >= 0.6 is 23.1 Å². The molecule has 1 aromatic heterocycles. The van der Waals surface area contributed by atoms with E-state index in [1.807, 2.05) is 11.6 Å². The highest BCUT2D eigenvalue weighted by atomic mass is 32.2. The Kier molecular flexibility index (Phi) is 10.3. The van der Waals surface area contributed by atoms with Crippen molar-refractivity contribution in [1.29, 1.82) is 0 Å². The van der Waals surface area contributed by atoms with E-state index in [-0.39, 0.29) is 0 Å². The lowest BCUT2D eigenvalue weighted by Gasteiger charge is -2.10. The Labute approximate surface area is 129 Å². The summed E-state index contributed by atoms with van der Waals surface area (Å²) >= 11 is 3.49. The van der Waals surface area contributed by atoms with Crippen molar-refractivity contribution in [1.82, 2.24) is 15.6 Å². The summed E-state index contributed by atoms with van der Waals surface area (Å²) in [6.45, 7) is 5.44. The molecule has 1 aromatic rings. The van der Waals surface area contributed by atoms with E-state index in [9.17, 15) is 0 Å². The minimum Gasteiger partial charge on any atom is -0.385 e. The fourth-order valence-corrected chi connectivity index (χ4v) is 3.09. The third kappa shape index (κ3) is 8.39. The van der Waals surface area contributed by atoms with Crippen molar-refractivity contribution >= 4 is 29.1 Å².